The molecule has 0 radical (unpaired) electrons. The zero-order chi connectivity index (χ0) is 14.0. The Kier molecular flexibility index (Phi) is 5.58. The van der Waals surface area contributed by atoms with E-state index in [-0.39, 0.29) is 6.04 Å². The summed E-state index contributed by atoms with van der Waals surface area (Å²) in [6.07, 6.45) is 0. The molecule has 2 rings (SSSR count). The average Bonchev–Trinajstić information content (AvgIpc) is 2.68. The second-order valence-electron chi connectivity index (χ2n) is 3.90. The van der Waals surface area contributed by atoms with Crippen LogP contribution in [-0.4, -0.2) is 6.54 Å². The predicted octanol–water partition coefficient (Wildman–Crippen LogP) is 6.17. The lowest BCUT2D eigenvalue weighted by molar-refractivity contribution is 0.640. The van der Waals surface area contributed by atoms with E-state index in [4.69, 9.17) is 34.8 Å². The van der Waals surface area contributed by atoms with E-state index in [9.17, 15) is 0 Å². The second kappa shape index (κ2) is 6.79. The van der Waals surface area contributed by atoms with E-state index in [1.165, 1.54) is 0 Å². The predicted molar refractivity (Wildman–Crippen MR) is 89.0 cm³/mol. The lowest BCUT2D eigenvalue weighted by Crippen LogP contribution is -2.21. The van der Waals surface area contributed by atoms with Crippen LogP contribution in [0.15, 0.2) is 28.1 Å². The van der Waals surface area contributed by atoms with Gasteiger partial charge in [-0.25, -0.2) is 0 Å². The molecule has 1 aromatic heterocycles. The van der Waals surface area contributed by atoms with Gasteiger partial charge >= 0.3 is 0 Å². The van der Waals surface area contributed by atoms with Gasteiger partial charge in [-0.3, -0.25) is 0 Å². The molecule has 0 spiro atoms. The Hall–Kier alpha value is 0.230. The summed E-state index contributed by atoms with van der Waals surface area (Å²) in [5.74, 6) is 0. The summed E-state index contributed by atoms with van der Waals surface area (Å²) >= 11 is 23.7. The van der Waals surface area contributed by atoms with Crippen molar-refractivity contribution in [1.29, 1.82) is 0 Å². The third kappa shape index (κ3) is 3.46. The molecular weight excluding hydrogens is 388 g/mol. The summed E-state index contributed by atoms with van der Waals surface area (Å²) in [7, 11) is 0. The zero-order valence-electron chi connectivity index (χ0n) is 10.0. The van der Waals surface area contributed by atoms with Crippen molar-refractivity contribution in [3.8, 4) is 0 Å². The molecule has 0 saturated heterocycles. The van der Waals surface area contributed by atoms with Crippen LogP contribution in [0.2, 0.25) is 15.1 Å². The van der Waals surface area contributed by atoms with Gasteiger partial charge in [0.05, 0.1) is 14.9 Å². The Balaban J connectivity index is 2.51. The molecule has 0 aliphatic rings. The minimum Gasteiger partial charge on any atom is -0.306 e. The molecule has 1 nitrogen and oxygen atoms in total. The molecule has 0 fully saturated rings. The van der Waals surface area contributed by atoms with Gasteiger partial charge in [0.15, 0.2) is 0 Å². The molecule has 19 heavy (non-hydrogen) atoms. The summed E-state index contributed by atoms with van der Waals surface area (Å²) in [4.78, 5) is 1.08. The standard InChI is InChI=1S/C13H11BrCl3NS/c1-2-18-12(10-6-9(17)13(14)19-10)11-7(15)4-3-5-8(11)16/h3-6,12,18H,2H2,1H3. The number of hydrogen-bond acceptors (Lipinski definition) is 2. The maximum Gasteiger partial charge on any atom is 0.0888 e. The lowest BCUT2D eigenvalue weighted by atomic mass is 10.1. The second-order valence-corrected chi connectivity index (χ2v) is 7.52. The highest BCUT2D eigenvalue weighted by Crippen LogP contribution is 2.41. The van der Waals surface area contributed by atoms with Crippen LogP contribution in [0.5, 0.6) is 0 Å². The molecule has 1 atom stereocenters. The fourth-order valence-corrected chi connectivity index (χ4v) is 4.29. The average molecular weight is 400 g/mol. The van der Waals surface area contributed by atoms with Gasteiger partial charge in [-0.15, -0.1) is 11.3 Å². The van der Waals surface area contributed by atoms with Crippen LogP contribution in [-0.2, 0) is 0 Å². The molecule has 0 saturated carbocycles. The molecular formula is C13H11BrCl3NS. The summed E-state index contributed by atoms with van der Waals surface area (Å²) in [6.45, 7) is 2.85. The molecule has 1 aromatic carbocycles. The summed E-state index contributed by atoms with van der Waals surface area (Å²) < 4.78 is 0.912. The maximum atomic E-state index is 6.29. The fraction of sp³-hybridized carbons (Fsp3) is 0.231. The van der Waals surface area contributed by atoms with E-state index in [0.29, 0.717) is 15.1 Å². The normalized spacial score (nSPS) is 12.7. The maximum absolute atomic E-state index is 6.29. The van der Waals surface area contributed by atoms with Gasteiger partial charge in [0.2, 0.25) is 0 Å². The minimum atomic E-state index is -0.0556. The molecule has 102 valence electrons. The van der Waals surface area contributed by atoms with Gasteiger partial charge in [0, 0.05) is 20.5 Å². The van der Waals surface area contributed by atoms with Gasteiger partial charge < -0.3 is 5.32 Å². The van der Waals surface area contributed by atoms with E-state index in [0.717, 1.165) is 20.8 Å². The Labute approximate surface area is 140 Å². The third-order valence-electron chi connectivity index (χ3n) is 2.65. The number of rotatable bonds is 4. The van der Waals surface area contributed by atoms with Gasteiger partial charge in [-0.1, -0.05) is 47.8 Å². The Bertz CT molecular complexity index is 546. The van der Waals surface area contributed by atoms with Crippen molar-refractivity contribution < 1.29 is 0 Å². The highest BCUT2D eigenvalue weighted by atomic mass is 79.9. The third-order valence-corrected chi connectivity index (χ3v) is 5.84. The summed E-state index contributed by atoms with van der Waals surface area (Å²) in [6, 6.07) is 7.41. The van der Waals surface area contributed by atoms with E-state index in [2.05, 4.69) is 21.2 Å². The molecule has 2 aromatic rings. The van der Waals surface area contributed by atoms with E-state index in [1.807, 2.05) is 31.2 Å². The van der Waals surface area contributed by atoms with E-state index >= 15 is 0 Å². The van der Waals surface area contributed by atoms with Crippen LogP contribution in [0.3, 0.4) is 0 Å². The van der Waals surface area contributed by atoms with Crippen molar-refractivity contribution in [2.24, 2.45) is 0 Å². The van der Waals surface area contributed by atoms with Gasteiger partial charge in [0.1, 0.15) is 0 Å². The largest absolute Gasteiger partial charge is 0.306 e. The van der Waals surface area contributed by atoms with Crippen LogP contribution in [0, 0.1) is 0 Å². The molecule has 0 aliphatic carbocycles. The lowest BCUT2D eigenvalue weighted by Gasteiger charge is -2.19. The van der Waals surface area contributed by atoms with Crippen molar-refractivity contribution >= 4 is 62.1 Å². The molecule has 1 heterocycles. The summed E-state index contributed by atoms with van der Waals surface area (Å²) in [5.41, 5.74) is 0.887. The Morgan fingerprint density at radius 3 is 2.32 bits per heavy atom. The van der Waals surface area contributed by atoms with Gasteiger partial charge in [0.25, 0.3) is 0 Å². The Morgan fingerprint density at radius 1 is 1.21 bits per heavy atom. The zero-order valence-corrected chi connectivity index (χ0v) is 14.7. The highest BCUT2D eigenvalue weighted by Gasteiger charge is 2.21. The molecule has 0 bridgehead atoms. The SMILES string of the molecule is CCNC(c1cc(Cl)c(Br)s1)c1c(Cl)cccc1Cl. The molecule has 1 unspecified atom stereocenters. The number of thiophene rings is 1. The number of benzene rings is 1. The van der Waals surface area contributed by atoms with Crippen LogP contribution < -0.4 is 5.32 Å². The molecule has 1 N–H and O–H groups in total. The smallest absolute Gasteiger partial charge is 0.0888 e. The van der Waals surface area contributed by atoms with Gasteiger partial charge in [-0.2, -0.15) is 0 Å². The first-order chi connectivity index (χ1) is 9.04. The Morgan fingerprint density at radius 2 is 1.84 bits per heavy atom. The van der Waals surface area contributed by atoms with Crippen LogP contribution >= 0.6 is 62.1 Å². The fourth-order valence-electron chi connectivity index (χ4n) is 1.84. The molecule has 6 heteroatoms. The number of halogens is 4. The quantitative estimate of drug-likeness (QED) is 0.648. The van der Waals surface area contributed by atoms with Crippen molar-refractivity contribution in [1.82, 2.24) is 5.32 Å². The van der Waals surface area contributed by atoms with Crippen molar-refractivity contribution in [3.63, 3.8) is 0 Å². The van der Waals surface area contributed by atoms with Crippen LogP contribution in [0.1, 0.15) is 23.4 Å². The first-order valence-electron chi connectivity index (χ1n) is 5.66. The number of hydrogen-bond donors (Lipinski definition) is 1. The van der Waals surface area contributed by atoms with Gasteiger partial charge in [-0.05, 0) is 40.7 Å². The van der Waals surface area contributed by atoms with Crippen molar-refractivity contribution in [3.05, 3.63) is 53.6 Å². The molecule has 0 aliphatic heterocycles. The van der Waals surface area contributed by atoms with Crippen molar-refractivity contribution in [2.45, 2.75) is 13.0 Å². The van der Waals surface area contributed by atoms with Crippen LogP contribution in [0.25, 0.3) is 0 Å². The highest BCUT2D eigenvalue weighted by molar-refractivity contribution is 9.11. The summed E-state index contributed by atoms with van der Waals surface area (Å²) in [5, 5.41) is 5.40. The molecule has 0 amide bonds. The first kappa shape index (κ1) is 15.6. The van der Waals surface area contributed by atoms with Crippen LogP contribution in [0.4, 0.5) is 0 Å². The van der Waals surface area contributed by atoms with E-state index in [1.54, 1.807) is 11.3 Å². The van der Waals surface area contributed by atoms with E-state index < -0.39 is 0 Å². The monoisotopic (exact) mass is 397 g/mol. The van der Waals surface area contributed by atoms with Crippen molar-refractivity contribution in [2.75, 3.05) is 6.54 Å². The minimum absolute atomic E-state index is 0.0556. The number of nitrogens with one attached hydrogen (secondary N) is 1. The first-order valence-corrected chi connectivity index (χ1v) is 8.41. The topological polar surface area (TPSA) is 12.0 Å².